The molecule has 0 aromatic heterocycles. The van der Waals surface area contributed by atoms with Gasteiger partial charge in [0.25, 0.3) is 0 Å². The van der Waals surface area contributed by atoms with Gasteiger partial charge in [-0.25, -0.2) is 0 Å². The zero-order valence-electron chi connectivity index (χ0n) is 15.5. The fraction of sp³-hybridized carbons (Fsp3) is 0.647. The molecule has 0 aliphatic heterocycles. The molecule has 0 fully saturated rings. The lowest BCUT2D eigenvalue weighted by Crippen LogP contribution is -2.35. The molecule has 0 heterocycles. The zero-order valence-corrected chi connectivity index (χ0v) is 17.3. The predicted octanol–water partition coefficient (Wildman–Crippen LogP) is 5.07. The normalized spacial score (nSPS) is 13.0. The van der Waals surface area contributed by atoms with Gasteiger partial charge in [0.15, 0.2) is 0 Å². The van der Waals surface area contributed by atoms with Crippen molar-refractivity contribution in [2.75, 3.05) is 31.7 Å². The van der Waals surface area contributed by atoms with Gasteiger partial charge in [0, 0.05) is 31.2 Å². The molecule has 1 aromatic rings. The minimum Gasteiger partial charge on any atom is -0.293 e. The molecule has 1 aromatic carbocycles. The van der Waals surface area contributed by atoms with E-state index in [1.165, 1.54) is 0 Å². The standard InChI is InChI=1S/C17H31NO4P2/c1-6-23(19,7-2)21-17(22-24(20,8-3)9-4)18(5)15-16-13-11-10-12-14-16/h10-14,17H,6-9,15H2,1-5H3. The molecule has 0 saturated carbocycles. The first-order valence-electron chi connectivity index (χ1n) is 8.58. The molecule has 0 aliphatic rings. The van der Waals surface area contributed by atoms with Crippen LogP contribution in [0.2, 0.25) is 0 Å². The van der Waals surface area contributed by atoms with E-state index in [0.29, 0.717) is 31.2 Å². The average Bonchev–Trinajstić information content (AvgIpc) is 2.61. The number of benzene rings is 1. The molecule has 0 unspecified atom stereocenters. The lowest BCUT2D eigenvalue weighted by molar-refractivity contribution is -0.105. The van der Waals surface area contributed by atoms with Crippen LogP contribution in [0.1, 0.15) is 33.3 Å². The van der Waals surface area contributed by atoms with Crippen LogP contribution in [-0.2, 0) is 24.7 Å². The molecule has 1 rings (SSSR count). The van der Waals surface area contributed by atoms with Crippen LogP contribution in [0.15, 0.2) is 30.3 Å². The third-order valence-corrected chi connectivity index (χ3v) is 9.11. The molecule has 0 amide bonds. The maximum absolute atomic E-state index is 12.8. The van der Waals surface area contributed by atoms with Crippen molar-refractivity contribution in [3.63, 3.8) is 0 Å². The Balaban J connectivity index is 2.98. The van der Waals surface area contributed by atoms with Crippen LogP contribution in [0.4, 0.5) is 0 Å². The Hall–Kier alpha value is -0.440. The minimum atomic E-state index is -2.79. The second-order valence-corrected chi connectivity index (χ2v) is 12.0. The predicted molar refractivity (Wildman–Crippen MR) is 101 cm³/mol. The Bertz CT molecular complexity index is 535. The van der Waals surface area contributed by atoms with Crippen molar-refractivity contribution in [3.05, 3.63) is 35.9 Å². The molecule has 138 valence electrons. The van der Waals surface area contributed by atoms with Gasteiger partial charge in [-0.05, 0) is 12.6 Å². The van der Waals surface area contributed by atoms with Gasteiger partial charge in [-0.3, -0.25) is 23.1 Å². The van der Waals surface area contributed by atoms with E-state index in [0.717, 1.165) is 5.56 Å². The van der Waals surface area contributed by atoms with Gasteiger partial charge >= 0.3 is 0 Å². The number of rotatable bonds is 11. The Morgan fingerprint density at radius 2 is 1.29 bits per heavy atom. The molecule has 7 heteroatoms. The van der Waals surface area contributed by atoms with E-state index in [4.69, 9.17) is 9.05 Å². The second kappa shape index (κ2) is 9.89. The smallest absolute Gasteiger partial charge is 0.230 e. The van der Waals surface area contributed by atoms with Crippen LogP contribution in [0.3, 0.4) is 0 Å². The van der Waals surface area contributed by atoms with E-state index < -0.39 is 21.2 Å². The summed E-state index contributed by atoms with van der Waals surface area (Å²) in [6, 6.07) is 9.90. The van der Waals surface area contributed by atoms with Crippen LogP contribution in [-0.4, -0.2) is 43.0 Å². The van der Waals surface area contributed by atoms with E-state index in [2.05, 4.69) is 0 Å². The number of nitrogens with zero attached hydrogens (tertiary/aromatic N) is 1. The summed E-state index contributed by atoms with van der Waals surface area (Å²) in [7, 11) is -3.75. The lowest BCUT2D eigenvalue weighted by Gasteiger charge is -2.33. The van der Waals surface area contributed by atoms with Gasteiger partial charge < -0.3 is 0 Å². The summed E-state index contributed by atoms with van der Waals surface area (Å²) in [6.45, 7) is 7.94. The fourth-order valence-electron chi connectivity index (χ4n) is 2.20. The minimum absolute atomic E-state index is 0.436. The van der Waals surface area contributed by atoms with Crippen LogP contribution >= 0.6 is 14.7 Å². The van der Waals surface area contributed by atoms with Gasteiger partial charge in [-0.1, -0.05) is 58.0 Å². The Labute approximate surface area is 146 Å². The molecule has 0 atom stereocenters. The summed E-state index contributed by atoms with van der Waals surface area (Å²) in [4.78, 5) is 1.82. The lowest BCUT2D eigenvalue weighted by atomic mass is 10.2. The highest BCUT2D eigenvalue weighted by Gasteiger charge is 2.32. The highest BCUT2D eigenvalue weighted by molar-refractivity contribution is 7.59. The summed E-state index contributed by atoms with van der Waals surface area (Å²) >= 11 is 0. The van der Waals surface area contributed by atoms with Gasteiger partial charge in [-0.2, -0.15) is 0 Å². The second-order valence-electron chi connectivity index (χ2n) is 5.81. The van der Waals surface area contributed by atoms with Crippen molar-refractivity contribution in [2.24, 2.45) is 0 Å². The summed E-state index contributed by atoms with van der Waals surface area (Å²) in [5.41, 5.74) is 1.09. The van der Waals surface area contributed by atoms with E-state index >= 15 is 0 Å². The van der Waals surface area contributed by atoms with E-state index in [1.807, 2.05) is 70.0 Å². The first-order chi connectivity index (χ1) is 11.3. The zero-order chi connectivity index (χ0) is 18.2. The van der Waals surface area contributed by atoms with Crippen molar-refractivity contribution in [1.82, 2.24) is 4.90 Å². The van der Waals surface area contributed by atoms with Crippen molar-refractivity contribution in [1.29, 1.82) is 0 Å². The quantitative estimate of drug-likeness (QED) is 0.399. The molecule has 0 aliphatic carbocycles. The van der Waals surface area contributed by atoms with Gasteiger partial charge in [0.05, 0.1) is 0 Å². The van der Waals surface area contributed by atoms with Crippen LogP contribution in [0.5, 0.6) is 0 Å². The third-order valence-electron chi connectivity index (χ3n) is 4.13. The summed E-state index contributed by atoms with van der Waals surface area (Å²) < 4.78 is 37.2. The van der Waals surface area contributed by atoms with Crippen molar-refractivity contribution in [3.8, 4) is 0 Å². The first kappa shape index (κ1) is 21.6. The topological polar surface area (TPSA) is 55.8 Å². The maximum atomic E-state index is 12.8. The van der Waals surface area contributed by atoms with Crippen LogP contribution < -0.4 is 0 Å². The van der Waals surface area contributed by atoms with Gasteiger partial charge in [0.2, 0.25) is 21.2 Å². The molecule has 0 bridgehead atoms. The molecule has 5 nitrogen and oxygen atoms in total. The third kappa shape index (κ3) is 6.46. The van der Waals surface area contributed by atoms with Crippen LogP contribution in [0, 0.1) is 0 Å². The Morgan fingerprint density at radius 1 is 0.875 bits per heavy atom. The maximum Gasteiger partial charge on any atom is 0.230 e. The van der Waals surface area contributed by atoms with E-state index in [-0.39, 0.29) is 0 Å². The molecule has 0 radical (unpaired) electrons. The fourth-order valence-corrected chi connectivity index (χ4v) is 4.82. The van der Waals surface area contributed by atoms with Gasteiger partial charge in [-0.15, -0.1) is 0 Å². The largest absolute Gasteiger partial charge is 0.293 e. The molecular formula is C17H31NO4P2. The number of hydrogen-bond donors (Lipinski definition) is 0. The summed E-state index contributed by atoms with van der Waals surface area (Å²) in [5, 5.41) is 0. The highest BCUT2D eigenvalue weighted by Crippen LogP contribution is 2.53. The van der Waals surface area contributed by atoms with Crippen molar-refractivity contribution in [2.45, 2.75) is 40.7 Å². The monoisotopic (exact) mass is 375 g/mol. The average molecular weight is 375 g/mol. The molecule has 24 heavy (non-hydrogen) atoms. The molecule has 0 spiro atoms. The van der Waals surface area contributed by atoms with Crippen molar-refractivity contribution >= 4 is 14.7 Å². The Kier molecular flexibility index (Phi) is 8.90. The number of hydrogen-bond acceptors (Lipinski definition) is 5. The van der Waals surface area contributed by atoms with Gasteiger partial charge in [0.1, 0.15) is 0 Å². The van der Waals surface area contributed by atoms with Crippen LogP contribution in [0.25, 0.3) is 0 Å². The molecule has 0 N–H and O–H groups in total. The summed E-state index contributed by atoms with van der Waals surface area (Å²) in [5.74, 6) is 0. The van der Waals surface area contributed by atoms with E-state index in [1.54, 1.807) is 0 Å². The molecular weight excluding hydrogens is 344 g/mol. The highest BCUT2D eigenvalue weighted by atomic mass is 31.2. The Morgan fingerprint density at radius 3 is 1.67 bits per heavy atom. The van der Waals surface area contributed by atoms with Crippen molar-refractivity contribution < 1.29 is 18.2 Å². The summed E-state index contributed by atoms with van der Waals surface area (Å²) in [6.07, 6.45) is 0.869. The van der Waals surface area contributed by atoms with E-state index in [9.17, 15) is 9.13 Å². The first-order valence-corrected chi connectivity index (χ1v) is 12.6. The SMILES string of the molecule is CCP(=O)(CC)OC(OP(=O)(CC)CC)N(C)Cc1ccccc1. The molecule has 0 saturated heterocycles.